The Kier molecular flexibility index (Phi) is 8.60. The Morgan fingerprint density at radius 2 is 1.86 bits per heavy atom. The molecule has 0 spiro atoms. The molecule has 1 aliphatic carbocycles. The van der Waals surface area contributed by atoms with Gasteiger partial charge in [-0.05, 0) is 87.6 Å². The summed E-state index contributed by atoms with van der Waals surface area (Å²) < 4.78 is 11.2. The van der Waals surface area contributed by atoms with Crippen LogP contribution in [0.2, 0.25) is 0 Å². The van der Waals surface area contributed by atoms with Crippen molar-refractivity contribution in [3.05, 3.63) is 35.9 Å². The molecule has 1 N–H and O–H groups in total. The second-order valence-corrected chi connectivity index (χ2v) is 8.39. The average molecular weight is 400 g/mol. The van der Waals surface area contributed by atoms with Crippen LogP contribution in [0.4, 0.5) is 0 Å². The molecule has 1 unspecified atom stereocenters. The highest BCUT2D eigenvalue weighted by Crippen LogP contribution is 2.30. The number of carbonyl (C=O) groups excluding carboxylic acids is 1. The Labute approximate surface area is 176 Å². The number of hydrogen-bond acceptors (Lipinski definition) is 4. The summed E-state index contributed by atoms with van der Waals surface area (Å²) in [5.41, 5.74) is 2.67. The number of esters is 1. The molecule has 1 aromatic carbocycles. The molecule has 1 heterocycles. The first-order chi connectivity index (χ1) is 14.2. The Balaban J connectivity index is 1.49. The first-order valence-electron chi connectivity index (χ1n) is 11.5. The molecular weight excluding hydrogens is 362 g/mol. The van der Waals surface area contributed by atoms with E-state index in [1.807, 2.05) is 6.92 Å². The zero-order valence-electron chi connectivity index (χ0n) is 18.1. The molecule has 29 heavy (non-hydrogen) atoms. The third-order valence-corrected chi connectivity index (χ3v) is 6.30. The molecule has 1 fully saturated rings. The van der Waals surface area contributed by atoms with Gasteiger partial charge in [-0.2, -0.15) is 0 Å². The van der Waals surface area contributed by atoms with E-state index in [2.05, 4.69) is 42.6 Å². The summed E-state index contributed by atoms with van der Waals surface area (Å²) in [7, 11) is 0. The van der Waals surface area contributed by atoms with Gasteiger partial charge in [0.25, 0.3) is 0 Å². The molecule has 160 valence electrons. The van der Waals surface area contributed by atoms with Gasteiger partial charge in [0.15, 0.2) is 0 Å². The van der Waals surface area contributed by atoms with Gasteiger partial charge >= 0.3 is 5.97 Å². The Bertz CT molecular complexity index is 659. The van der Waals surface area contributed by atoms with E-state index in [4.69, 9.17) is 9.47 Å². The van der Waals surface area contributed by atoms with Crippen LogP contribution in [0.5, 0.6) is 5.75 Å². The van der Waals surface area contributed by atoms with Gasteiger partial charge in [0.2, 0.25) is 0 Å². The summed E-state index contributed by atoms with van der Waals surface area (Å²) in [5, 5.41) is 3.55. The van der Waals surface area contributed by atoms with Crippen LogP contribution in [-0.4, -0.2) is 31.3 Å². The third kappa shape index (κ3) is 6.88. The lowest BCUT2D eigenvalue weighted by Gasteiger charge is -2.28. The van der Waals surface area contributed by atoms with E-state index in [-0.39, 0.29) is 5.97 Å². The van der Waals surface area contributed by atoms with E-state index in [0.717, 1.165) is 37.5 Å². The number of benzene rings is 1. The molecule has 0 amide bonds. The van der Waals surface area contributed by atoms with Crippen molar-refractivity contribution in [1.29, 1.82) is 0 Å². The zero-order valence-corrected chi connectivity index (χ0v) is 18.1. The maximum atomic E-state index is 11.5. The maximum absolute atomic E-state index is 11.5. The maximum Gasteiger partial charge on any atom is 0.305 e. The summed E-state index contributed by atoms with van der Waals surface area (Å²) in [6, 6.07) is 8.97. The fourth-order valence-electron chi connectivity index (χ4n) is 4.50. The lowest BCUT2D eigenvalue weighted by Crippen LogP contribution is -2.32. The molecule has 1 aliphatic heterocycles. The topological polar surface area (TPSA) is 47.6 Å². The quantitative estimate of drug-likeness (QED) is 0.556. The van der Waals surface area contributed by atoms with Crippen molar-refractivity contribution in [2.24, 2.45) is 5.92 Å². The van der Waals surface area contributed by atoms with E-state index in [9.17, 15) is 4.79 Å². The van der Waals surface area contributed by atoms with E-state index in [1.54, 1.807) is 0 Å². The van der Waals surface area contributed by atoms with Crippen molar-refractivity contribution in [2.45, 2.75) is 83.8 Å². The van der Waals surface area contributed by atoms with Crippen LogP contribution in [0.3, 0.4) is 0 Å². The molecule has 1 saturated carbocycles. The zero-order chi connectivity index (χ0) is 20.5. The minimum atomic E-state index is -0.0914. The van der Waals surface area contributed by atoms with Crippen molar-refractivity contribution in [3.8, 4) is 5.75 Å². The molecule has 0 bridgehead atoms. The molecule has 4 nitrogen and oxygen atoms in total. The van der Waals surface area contributed by atoms with Gasteiger partial charge < -0.3 is 14.8 Å². The Morgan fingerprint density at radius 3 is 2.55 bits per heavy atom. The van der Waals surface area contributed by atoms with Gasteiger partial charge in [-0.15, -0.1) is 0 Å². The SMILES string of the molecule is CCOC(=O)CCCC1C=C(c2ccc(O[C@H]3CC[C@@H](CC)CC3)cc2)CCN1. The first kappa shape index (κ1) is 21.9. The van der Waals surface area contributed by atoms with Crippen molar-refractivity contribution < 1.29 is 14.3 Å². The summed E-state index contributed by atoms with van der Waals surface area (Å²) in [5.74, 6) is 1.80. The highest BCUT2D eigenvalue weighted by atomic mass is 16.5. The minimum Gasteiger partial charge on any atom is -0.490 e. The smallest absolute Gasteiger partial charge is 0.305 e. The van der Waals surface area contributed by atoms with Gasteiger partial charge in [-0.3, -0.25) is 4.79 Å². The standard InChI is InChI=1S/C25H37NO3/c1-3-19-8-12-23(13-9-19)29-24-14-10-20(11-15-24)21-16-17-26-22(18-21)6-5-7-25(27)28-4-2/h10-11,14-15,18-19,22-23,26H,3-9,12-13,16-17H2,1-2H3/t19-,22?,23+. The van der Waals surface area contributed by atoms with Crippen LogP contribution in [0.1, 0.15) is 77.2 Å². The predicted molar refractivity (Wildman–Crippen MR) is 118 cm³/mol. The van der Waals surface area contributed by atoms with E-state index in [0.29, 0.717) is 25.2 Å². The van der Waals surface area contributed by atoms with Crippen molar-refractivity contribution in [3.63, 3.8) is 0 Å². The molecule has 3 rings (SSSR count). The van der Waals surface area contributed by atoms with E-state index < -0.39 is 0 Å². The Hall–Kier alpha value is -1.81. The first-order valence-corrected chi connectivity index (χ1v) is 11.5. The molecule has 2 aliphatic rings. The van der Waals surface area contributed by atoms with E-state index in [1.165, 1.54) is 43.2 Å². The third-order valence-electron chi connectivity index (χ3n) is 6.30. The molecule has 4 heteroatoms. The molecule has 0 saturated heterocycles. The number of hydrogen-bond donors (Lipinski definition) is 1. The molecular formula is C25H37NO3. The van der Waals surface area contributed by atoms with Gasteiger partial charge in [0, 0.05) is 12.5 Å². The van der Waals surface area contributed by atoms with Gasteiger partial charge in [0.1, 0.15) is 5.75 Å². The van der Waals surface area contributed by atoms with E-state index >= 15 is 0 Å². The summed E-state index contributed by atoms with van der Waals surface area (Å²) >= 11 is 0. The summed E-state index contributed by atoms with van der Waals surface area (Å²) in [6.45, 7) is 5.59. The van der Waals surface area contributed by atoms with Crippen LogP contribution < -0.4 is 10.1 Å². The normalized spacial score (nSPS) is 24.6. The van der Waals surface area contributed by atoms with Crippen LogP contribution in [0, 0.1) is 5.92 Å². The van der Waals surface area contributed by atoms with Crippen LogP contribution in [0.25, 0.3) is 5.57 Å². The molecule has 1 atom stereocenters. The van der Waals surface area contributed by atoms with Crippen molar-refractivity contribution in [2.75, 3.05) is 13.2 Å². The summed E-state index contributed by atoms with van der Waals surface area (Å²) in [6.07, 6.45) is 12.3. The highest BCUT2D eigenvalue weighted by molar-refractivity contribution is 5.69. The van der Waals surface area contributed by atoms with Gasteiger partial charge in [-0.25, -0.2) is 0 Å². The number of ether oxygens (including phenoxy) is 2. The number of carbonyl (C=O) groups is 1. The fraction of sp³-hybridized carbons (Fsp3) is 0.640. The second kappa shape index (κ2) is 11.4. The molecule has 1 aromatic rings. The molecule has 0 aromatic heterocycles. The van der Waals surface area contributed by atoms with Crippen LogP contribution >= 0.6 is 0 Å². The van der Waals surface area contributed by atoms with Gasteiger partial charge in [0.05, 0.1) is 12.7 Å². The van der Waals surface area contributed by atoms with Gasteiger partial charge in [-0.1, -0.05) is 31.6 Å². The van der Waals surface area contributed by atoms with Crippen molar-refractivity contribution >= 4 is 11.5 Å². The predicted octanol–water partition coefficient (Wildman–Crippen LogP) is 5.51. The van der Waals surface area contributed by atoms with Crippen LogP contribution in [0.15, 0.2) is 30.3 Å². The number of rotatable bonds is 9. The lowest BCUT2D eigenvalue weighted by molar-refractivity contribution is -0.143. The number of nitrogens with one attached hydrogen (secondary N) is 1. The van der Waals surface area contributed by atoms with Crippen molar-refractivity contribution in [1.82, 2.24) is 5.32 Å². The van der Waals surface area contributed by atoms with Crippen LogP contribution in [-0.2, 0) is 9.53 Å². The fourth-order valence-corrected chi connectivity index (χ4v) is 4.50. The summed E-state index contributed by atoms with van der Waals surface area (Å²) in [4.78, 5) is 11.5. The Morgan fingerprint density at radius 1 is 1.10 bits per heavy atom. The lowest BCUT2D eigenvalue weighted by atomic mass is 9.86. The monoisotopic (exact) mass is 399 g/mol. The largest absolute Gasteiger partial charge is 0.490 e. The molecule has 0 radical (unpaired) electrons. The highest BCUT2D eigenvalue weighted by Gasteiger charge is 2.21. The second-order valence-electron chi connectivity index (χ2n) is 8.39. The minimum absolute atomic E-state index is 0.0914. The average Bonchev–Trinajstić information content (AvgIpc) is 2.75.